The third-order valence-electron chi connectivity index (χ3n) is 4.97. The highest BCUT2D eigenvalue weighted by Crippen LogP contribution is 2.23. The van der Waals surface area contributed by atoms with Crippen molar-refractivity contribution in [1.82, 2.24) is 10.5 Å². The van der Waals surface area contributed by atoms with Crippen molar-refractivity contribution in [2.45, 2.75) is 32.7 Å². The molecule has 0 fully saturated rings. The maximum absolute atomic E-state index is 12.8. The van der Waals surface area contributed by atoms with Crippen LogP contribution in [0, 0.1) is 13.8 Å². The molecule has 2 aromatic carbocycles. The lowest BCUT2D eigenvalue weighted by Gasteiger charge is -2.20. The van der Waals surface area contributed by atoms with Crippen LogP contribution in [0.2, 0.25) is 0 Å². The van der Waals surface area contributed by atoms with Crippen LogP contribution in [0.3, 0.4) is 0 Å². The van der Waals surface area contributed by atoms with Gasteiger partial charge >= 0.3 is 0 Å². The standard InChI is InChI=1S/C23H26N2O4/c1-15-21(16(2)29-25-15)14-23(26)24-22(18-7-11-20(28-4)12-8-18)13-17-5-9-19(27-3)10-6-17/h5-12,22H,13-14H2,1-4H3,(H,24,26)/t22-/m1/s1. The molecule has 0 saturated carbocycles. The molecule has 29 heavy (non-hydrogen) atoms. The van der Waals surface area contributed by atoms with Gasteiger partial charge in [-0.15, -0.1) is 0 Å². The second-order valence-electron chi connectivity index (χ2n) is 6.92. The van der Waals surface area contributed by atoms with Gasteiger partial charge < -0.3 is 19.3 Å². The van der Waals surface area contributed by atoms with E-state index in [0.717, 1.165) is 33.9 Å². The van der Waals surface area contributed by atoms with E-state index in [1.54, 1.807) is 14.2 Å². The lowest BCUT2D eigenvalue weighted by Crippen LogP contribution is -2.31. The molecule has 0 spiro atoms. The van der Waals surface area contributed by atoms with Crippen molar-refractivity contribution in [3.8, 4) is 11.5 Å². The van der Waals surface area contributed by atoms with Gasteiger partial charge in [0.05, 0.1) is 32.4 Å². The first kappa shape index (κ1) is 20.5. The minimum Gasteiger partial charge on any atom is -0.497 e. The molecule has 3 rings (SSSR count). The Bertz CT molecular complexity index is 927. The first-order valence-electron chi connectivity index (χ1n) is 9.48. The van der Waals surface area contributed by atoms with Gasteiger partial charge in [-0.05, 0) is 55.7 Å². The van der Waals surface area contributed by atoms with Crippen LogP contribution in [-0.2, 0) is 17.6 Å². The number of nitrogens with zero attached hydrogens (tertiary/aromatic N) is 1. The zero-order chi connectivity index (χ0) is 20.8. The second-order valence-corrected chi connectivity index (χ2v) is 6.92. The van der Waals surface area contributed by atoms with E-state index in [0.29, 0.717) is 12.2 Å². The molecule has 0 saturated heterocycles. The number of benzene rings is 2. The number of rotatable bonds is 8. The van der Waals surface area contributed by atoms with Crippen molar-refractivity contribution in [2.75, 3.05) is 14.2 Å². The molecule has 1 heterocycles. The minimum atomic E-state index is -0.178. The van der Waals surface area contributed by atoms with Crippen LogP contribution < -0.4 is 14.8 Å². The normalized spacial score (nSPS) is 11.7. The van der Waals surface area contributed by atoms with Crippen LogP contribution in [0.5, 0.6) is 11.5 Å². The maximum Gasteiger partial charge on any atom is 0.225 e. The monoisotopic (exact) mass is 394 g/mol. The lowest BCUT2D eigenvalue weighted by atomic mass is 9.98. The number of methoxy groups -OCH3 is 2. The van der Waals surface area contributed by atoms with Gasteiger partial charge in [-0.25, -0.2) is 0 Å². The maximum atomic E-state index is 12.8. The fourth-order valence-electron chi connectivity index (χ4n) is 3.25. The highest BCUT2D eigenvalue weighted by Gasteiger charge is 2.19. The number of hydrogen-bond acceptors (Lipinski definition) is 5. The summed E-state index contributed by atoms with van der Waals surface area (Å²) in [6.45, 7) is 3.67. The Labute approximate surface area is 170 Å². The van der Waals surface area contributed by atoms with Crippen molar-refractivity contribution >= 4 is 5.91 Å². The average molecular weight is 394 g/mol. The number of carbonyl (C=O) groups excluding carboxylic acids is 1. The summed E-state index contributed by atoms with van der Waals surface area (Å²) in [5, 5.41) is 7.09. The molecule has 1 aromatic heterocycles. The largest absolute Gasteiger partial charge is 0.497 e. The van der Waals surface area contributed by atoms with E-state index >= 15 is 0 Å². The number of hydrogen-bond donors (Lipinski definition) is 1. The van der Waals surface area contributed by atoms with Gasteiger partial charge in [0.1, 0.15) is 17.3 Å². The predicted octanol–water partition coefficient (Wildman–Crippen LogP) is 3.95. The topological polar surface area (TPSA) is 73.6 Å². The summed E-state index contributed by atoms with van der Waals surface area (Å²) in [4.78, 5) is 12.8. The lowest BCUT2D eigenvalue weighted by molar-refractivity contribution is -0.121. The smallest absolute Gasteiger partial charge is 0.225 e. The van der Waals surface area contributed by atoms with Crippen molar-refractivity contribution in [3.63, 3.8) is 0 Å². The second kappa shape index (κ2) is 9.28. The first-order chi connectivity index (χ1) is 14.0. The van der Waals surface area contributed by atoms with Crippen LogP contribution in [0.1, 0.15) is 34.2 Å². The highest BCUT2D eigenvalue weighted by molar-refractivity contribution is 5.79. The Morgan fingerprint density at radius 2 is 1.59 bits per heavy atom. The summed E-state index contributed by atoms with van der Waals surface area (Å²) in [5.74, 6) is 2.18. The number of ether oxygens (including phenoxy) is 2. The molecule has 0 aliphatic carbocycles. The van der Waals surface area contributed by atoms with E-state index in [4.69, 9.17) is 14.0 Å². The number of carbonyl (C=O) groups is 1. The molecule has 1 atom stereocenters. The molecular formula is C23H26N2O4. The summed E-state index contributed by atoms with van der Waals surface area (Å²) in [5.41, 5.74) is 3.69. The number of amides is 1. The molecule has 1 amide bonds. The summed E-state index contributed by atoms with van der Waals surface area (Å²) < 4.78 is 15.7. The van der Waals surface area contributed by atoms with Gasteiger partial charge in [0.15, 0.2) is 0 Å². The Morgan fingerprint density at radius 1 is 1.00 bits per heavy atom. The van der Waals surface area contributed by atoms with E-state index in [9.17, 15) is 4.79 Å². The van der Waals surface area contributed by atoms with E-state index in [2.05, 4.69) is 10.5 Å². The Morgan fingerprint density at radius 3 is 2.10 bits per heavy atom. The fourth-order valence-corrected chi connectivity index (χ4v) is 3.25. The van der Waals surface area contributed by atoms with Gasteiger partial charge in [-0.2, -0.15) is 0 Å². The van der Waals surface area contributed by atoms with Gasteiger partial charge in [0.25, 0.3) is 0 Å². The van der Waals surface area contributed by atoms with E-state index < -0.39 is 0 Å². The third-order valence-corrected chi connectivity index (χ3v) is 4.97. The van der Waals surface area contributed by atoms with Gasteiger partial charge in [-0.3, -0.25) is 4.79 Å². The molecule has 3 aromatic rings. The fraction of sp³-hybridized carbons (Fsp3) is 0.304. The first-order valence-corrected chi connectivity index (χ1v) is 9.48. The number of aryl methyl sites for hydroxylation is 2. The van der Waals surface area contributed by atoms with Crippen LogP contribution >= 0.6 is 0 Å². The summed E-state index contributed by atoms with van der Waals surface area (Å²) >= 11 is 0. The minimum absolute atomic E-state index is 0.0753. The molecule has 0 radical (unpaired) electrons. The predicted molar refractivity (Wildman–Crippen MR) is 110 cm³/mol. The molecule has 6 nitrogen and oxygen atoms in total. The van der Waals surface area contributed by atoms with Crippen molar-refractivity contribution in [2.24, 2.45) is 0 Å². The van der Waals surface area contributed by atoms with Gasteiger partial charge in [-0.1, -0.05) is 29.4 Å². The zero-order valence-corrected chi connectivity index (χ0v) is 17.2. The van der Waals surface area contributed by atoms with Crippen molar-refractivity contribution in [1.29, 1.82) is 0 Å². The molecule has 152 valence electrons. The van der Waals surface area contributed by atoms with Gasteiger partial charge in [0, 0.05) is 5.56 Å². The molecule has 1 N–H and O–H groups in total. The third kappa shape index (κ3) is 5.16. The van der Waals surface area contributed by atoms with Crippen LogP contribution in [-0.4, -0.2) is 25.3 Å². The summed E-state index contributed by atoms with van der Waals surface area (Å²) in [6.07, 6.45) is 0.889. The molecule has 0 unspecified atom stereocenters. The molecule has 6 heteroatoms. The van der Waals surface area contributed by atoms with Crippen LogP contribution in [0.25, 0.3) is 0 Å². The SMILES string of the molecule is COc1ccc(C[C@@H](NC(=O)Cc2c(C)noc2C)c2ccc(OC)cc2)cc1. The number of aromatic nitrogens is 1. The van der Waals surface area contributed by atoms with E-state index in [1.165, 1.54) is 0 Å². The molecule has 0 bridgehead atoms. The number of nitrogens with one attached hydrogen (secondary N) is 1. The average Bonchev–Trinajstić information content (AvgIpc) is 3.06. The molecule has 0 aliphatic rings. The molecule has 0 aliphatic heterocycles. The van der Waals surface area contributed by atoms with Gasteiger partial charge in [0.2, 0.25) is 5.91 Å². The van der Waals surface area contributed by atoms with Crippen molar-refractivity contribution < 1.29 is 18.8 Å². The zero-order valence-electron chi connectivity index (χ0n) is 17.2. The molecular weight excluding hydrogens is 368 g/mol. The van der Waals surface area contributed by atoms with Crippen LogP contribution in [0.4, 0.5) is 0 Å². The summed E-state index contributed by atoms with van der Waals surface area (Å²) in [7, 11) is 3.28. The Balaban J connectivity index is 1.79. The highest BCUT2D eigenvalue weighted by atomic mass is 16.5. The van der Waals surface area contributed by atoms with Crippen molar-refractivity contribution in [3.05, 3.63) is 76.7 Å². The van der Waals surface area contributed by atoms with E-state index in [1.807, 2.05) is 62.4 Å². The quantitative estimate of drug-likeness (QED) is 0.626. The van der Waals surface area contributed by atoms with Crippen LogP contribution in [0.15, 0.2) is 53.1 Å². The summed E-state index contributed by atoms with van der Waals surface area (Å²) in [6, 6.07) is 15.4. The Hall–Kier alpha value is -3.28. The Kier molecular flexibility index (Phi) is 6.54. The van der Waals surface area contributed by atoms with E-state index in [-0.39, 0.29) is 18.4 Å².